The summed E-state index contributed by atoms with van der Waals surface area (Å²) in [6.45, 7) is 2.34. The minimum absolute atomic E-state index is 0.218. The second kappa shape index (κ2) is 5.87. The number of rotatable bonds is 3. The van der Waals surface area contributed by atoms with Crippen molar-refractivity contribution in [1.82, 2.24) is 4.57 Å². The molecular formula is C19H15N3O3. The van der Waals surface area contributed by atoms with Gasteiger partial charge in [0.25, 0.3) is 5.91 Å². The Morgan fingerprint density at radius 2 is 2.12 bits per heavy atom. The van der Waals surface area contributed by atoms with Gasteiger partial charge in [-0.3, -0.25) is 9.36 Å². The fourth-order valence-corrected chi connectivity index (χ4v) is 3.02. The Bertz CT molecular complexity index is 994. The highest BCUT2D eigenvalue weighted by Gasteiger charge is 2.25. The van der Waals surface area contributed by atoms with E-state index < -0.39 is 0 Å². The molecule has 0 saturated heterocycles. The van der Waals surface area contributed by atoms with Crippen LogP contribution in [0.15, 0.2) is 47.1 Å². The lowest BCUT2D eigenvalue weighted by molar-refractivity contribution is 0.102. The minimum atomic E-state index is -0.366. The van der Waals surface area contributed by atoms with Gasteiger partial charge in [-0.1, -0.05) is 0 Å². The number of nitrogens with zero attached hydrogens (tertiary/aromatic N) is 2. The topological polar surface area (TPSA) is 80.2 Å². The number of anilines is 1. The van der Waals surface area contributed by atoms with Crippen LogP contribution in [0.4, 0.5) is 5.69 Å². The van der Waals surface area contributed by atoms with Gasteiger partial charge in [0.05, 0.1) is 6.61 Å². The maximum absolute atomic E-state index is 12.7. The van der Waals surface area contributed by atoms with E-state index in [-0.39, 0.29) is 17.0 Å². The maximum Gasteiger partial charge on any atom is 0.260 e. The van der Waals surface area contributed by atoms with Crippen LogP contribution in [-0.4, -0.2) is 17.1 Å². The summed E-state index contributed by atoms with van der Waals surface area (Å²) in [7, 11) is 0. The van der Waals surface area contributed by atoms with Gasteiger partial charge in [-0.15, -0.1) is 0 Å². The molecule has 3 aromatic rings. The van der Waals surface area contributed by atoms with E-state index in [0.29, 0.717) is 23.9 Å². The Labute approximate surface area is 144 Å². The SMILES string of the molecule is Cc1oc(-n2cccc2)c(C#N)c1C(=O)Nc1ccc2c(c1)CCO2. The summed E-state index contributed by atoms with van der Waals surface area (Å²) in [6.07, 6.45) is 4.35. The molecule has 3 heterocycles. The summed E-state index contributed by atoms with van der Waals surface area (Å²) < 4.78 is 12.8. The van der Waals surface area contributed by atoms with Crippen LogP contribution >= 0.6 is 0 Å². The zero-order valence-electron chi connectivity index (χ0n) is 13.6. The Kier molecular flexibility index (Phi) is 3.55. The van der Waals surface area contributed by atoms with Crippen LogP contribution in [0, 0.1) is 18.3 Å². The number of fused-ring (bicyclic) bond motifs is 1. The molecular weight excluding hydrogens is 318 g/mol. The van der Waals surface area contributed by atoms with Gasteiger partial charge in [0.1, 0.15) is 28.7 Å². The summed E-state index contributed by atoms with van der Waals surface area (Å²) in [5.74, 6) is 1.24. The molecule has 1 aromatic carbocycles. The van der Waals surface area contributed by atoms with Crippen molar-refractivity contribution in [1.29, 1.82) is 5.26 Å². The first-order valence-electron chi connectivity index (χ1n) is 7.91. The molecule has 4 rings (SSSR count). The van der Waals surface area contributed by atoms with Crippen molar-refractivity contribution in [2.75, 3.05) is 11.9 Å². The highest BCUT2D eigenvalue weighted by atomic mass is 16.5. The van der Waals surface area contributed by atoms with Gasteiger partial charge < -0.3 is 14.5 Å². The second-order valence-corrected chi connectivity index (χ2v) is 5.79. The summed E-state index contributed by atoms with van der Waals surface area (Å²) in [6, 6.07) is 11.3. The first-order chi connectivity index (χ1) is 12.2. The van der Waals surface area contributed by atoms with Gasteiger partial charge in [0, 0.05) is 24.5 Å². The second-order valence-electron chi connectivity index (χ2n) is 5.79. The number of furan rings is 1. The molecule has 0 radical (unpaired) electrons. The fraction of sp³-hybridized carbons (Fsp3) is 0.158. The molecule has 1 N–H and O–H groups in total. The van der Waals surface area contributed by atoms with Gasteiger partial charge in [-0.05, 0) is 42.8 Å². The molecule has 0 saturated carbocycles. The van der Waals surface area contributed by atoms with Gasteiger partial charge >= 0.3 is 0 Å². The van der Waals surface area contributed by atoms with Crippen LogP contribution < -0.4 is 10.1 Å². The summed E-state index contributed by atoms with van der Waals surface area (Å²) in [4.78, 5) is 12.7. The molecule has 2 aromatic heterocycles. The van der Waals surface area contributed by atoms with Crippen molar-refractivity contribution in [2.24, 2.45) is 0 Å². The molecule has 0 bridgehead atoms. The number of nitriles is 1. The summed E-state index contributed by atoms with van der Waals surface area (Å²) >= 11 is 0. The molecule has 6 nitrogen and oxygen atoms in total. The fourth-order valence-electron chi connectivity index (χ4n) is 3.02. The third kappa shape index (κ3) is 2.56. The number of carbonyl (C=O) groups is 1. The van der Waals surface area contributed by atoms with Crippen LogP contribution in [0.25, 0.3) is 5.88 Å². The van der Waals surface area contributed by atoms with Crippen molar-refractivity contribution < 1.29 is 13.9 Å². The monoisotopic (exact) mass is 333 g/mol. The zero-order valence-corrected chi connectivity index (χ0v) is 13.6. The standard InChI is InChI=1S/C19H15N3O3/c1-12-17(15(11-20)19(25-12)22-7-2-3-8-22)18(23)21-14-4-5-16-13(10-14)6-9-24-16/h2-5,7-8,10H,6,9H2,1H3,(H,21,23). The van der Waals surface area contributed by atoms with Crippen LogP contribution in [0.5, 0.6) is 5.75 Å². The van der Waals surface area contributed by atoms with E-state index in [1.54, 1.807) is 30.0 Å². The van der Waals surface area contributed by atoms with Gasteiger partial charge in [-0.2, -0.15) is 5.26 Å². The Morgan fingerprint density at radius 1 is 1.32 bits per heavy atom. The number of ether oxygens (including phenoxy) is 1. The number of benzene rings is 1. The lowest BCUT2D eigenvalue weighted by Gasteiger charge is -2.06. The van der Waals surface area contributed by atoms with Gasteiger partial charge in [0.15, 0.2) is 0 Å². The lowest BCUT2D eigenvalue weighted by atomic mass is 10.1. The molecule has 0 atom stereocenters. The third-order valence-corrected chi connectivity index (χ3v) is 4.19. The van der Waals surface area contributed by atoms with E-state index in [1.807, 2.05) is 24.3 Å². The van der Waals surface area contributed by atoms with E-state index >= 15 is 0 Å². The zero-order chi connectivity index (χ0) is 17.4. The van der Waals surface area contributed by atoms with Crippen LogP contribution in [0.1, 0.15) is 27.2 Å². The number of aromatic nitrogens is 1. The average Bonchev–Trinajstić information content (AvgIpc) is 3.33. The molecule has 0 spiro atoms. The van der Waals surface area contributed by atoms with Crippen LogP contribution in [-0.2, 0) is 6.42 Å². The van der Waals surface area contributed by atoms with E-state index in [1.165, 1.54) is 0 Å². The van der Waals surface area contributed by atoms with E-state index in [2.05, 4.69) is 11.4 Å². The van der Waals surface area contributed by atoms with Gasteiger partial charge in [0.2, 0.25) is 5.88 Å². The molecule has 6 heteroatoms. The third-order valence-electron chi connectivity index (χ3n) is 4.19. The molecule has 0 aliphatic carbocycles. The number of hydrogen-bond acceptors (Lipinski definition) is 4. The highest BCUT2D eigenvalue weighted by molar-refractivity contribution is 6.07. The first kappa shape index (κ1) is 15.1. The molecule has 25 heavy (non-hydrogen) atoms. The van der Waals surface area contributed by atoms with Crippen LogP contribution in [0.2, 0.25) is 0 Å². The smallest absolute Gasteiger partial charge is 0.260 e. The van der Waals surface area contributed by atoms with Crippen molar-refractivity contribution in [3.05, 3.63) is 65.2 Å². The number of carbonyl (C=O) groups excluding carboxylic acids is 1. The number of aryl methyl sites for hydroxylation is 1. The maximum atomic E-state index is 12.7. The van der Waals surface area contributed by atoms with E-state index in [0.717, 1.165) is 17.7 Å². The van der Waals surface area contributed by atoms with Crippen LogP contribution in [0.3, 0.4) is 0 Å². The molecule has 1 aliphatic rings. The van der Waals surface area contributed by atoms with Gasteiger partial charge in [-0.25, -0.2) is 0 Å². The number of nitrogens with one attached hydrogen (secondary N) is 1. The molecule has 1 amide bonds. The van der Waals surface area contributed by atoms with Crippen molar-refractivity contribution >= 4 is 11.6 Å². The average molecular weight is 333 g/mol. The Morgan fingerprint density at radius 3 is 2.88 bits per heavy atom. The summed E-state index contributed by atoms with van der Waals surface area (Å²) in [5.41, 5.74) is 2.20. The minimum Gasteiger partial charge on any atom is -0.493 e. The van der Waals surface area contributed by atoms with E-state index in [4.69, 9.17) is 9.15 Å². The molecule has 1 aliphatic heterocycles. The van der Waals surface area contributed by atoms with Crippen molar-refractivity contribution in [3.8, 4) is 17.7 Å². The normalized spacial score (nSPS) is 12.3. The molecule has 124 valence electrons. The number of amides is 1. The molecule has 0 fully saturated rings. The lowest BCUT2D eigenvalue weighted by Crippen LogP contribution is -2.14. The largest absolute Gasteiger partial charge is 0.493 e. The Balaban J connectivity index is 1.68. The van der Waals surface area contributed by atoms with E-state index in [9.17, 15) is 10.1 Å². The molecule has 0 unspecified atom stereocenters. The predicted octanol–water partition coefficient (Wildman–Crippen LogP) is 3.44. The van der Waals surface area contributed by atoms with Crippen molar-refractivity contribution in [3.63, 3.8) is 0 Å². The number of hydrogen-bond donors (Lipinski definition) is 1. The Hall–Kier alpha value is -3.46. The summed E-state index contributed by atoms with van der Waals surface area (Å²) in [5, 5.41) is 12.4. The predicted molar refractivity (Wildman–Crippen MR) is 91.1 cm³/mol. The quantitative estimate of drug-likeness (QED) is 0.796. The highest BCUT2D eigenvalue weighted by Crippen LogP contribution is 2.29. The van der Waals surface area contributed by atoms with Crippen molar-refractivity contribution in [2.45, 2.75) is 13.3 Å². The first-order valence-corrected chi connectivity index (χ1v) is 7.91.